The molecule has 0 bridgehead atoms. The number of amides is 1. The van der Waals surface area contributed by atoms with Gasteiger partial charge < -0.3 is 10.2 Å². The topological polar surface area (TPSA) is 63.1 Å². The second kappa shape index (κ2) is 6.26. The van der Waals surface area contributed by atoms with Crippen LogP contribution in [0.3, 0.4) is 0 Å². The van der Waals surface area contributed by atoms with Crippen LogP contribution in [0.2, 0.25) is 0 Å². The number of carbonyl (C=O) groups is 1. The molecule has 132 valence electrons. The highest BCUT2D eigenvalue weighted by atomic mass is 16.2. The van der Waals surface area contributed by atoms with Gasteiger partial charge in [-0.1, -0.05) is 22.9 Å². The summed E-state index contributed by atoms with van der Waals surface area (Å²) < 4.78 is 1.67. The van der Waals surface area contributed by atoms with E-state index in [1.165, 1.54) is 5.56 Å². The highest BCUT2D eigenvalue weighted by Crippen LogP contribution is 2.42. The van der Waals surface area contributed by atoms with Crippen molar-refractivity contribution in [3.8, 4) is 5.69 Å². The summed E-state index contributed by atoms with van der Waals surface area (Å²) in [6.07, 6.45) is 5.13. The maximum Gasteiger partial charge on any atom is 0.276 e. The molecule has 3 heterocycles. The first-order chi connectivity index (χ1) is 12.1. The molecule has 1 atom stereocenters. The quantitative estimate of drug-likeness (QED) is 0.911. The molecule has 2 aliphatic heterocycles. The minimum Gasteiger partial charge on any atom is -0.334 e. The fraction of sp³-hybridized carbons (Fsp3) is 0.526. The molecule has 4 rings (SSSR count). The van der Waals surface area contributed by atoms with Crippen LogP contribution in [0.1, 0.15) is 42.2 Å². The molecule has 2 aromatic rings. The maximum atomic E-state index is 13.0. The van der Waals surface area contributed by atoms with Crippen LogP contribution in [0.15, 0.2) is 30.5 Å². The van der Waals surface area contributed by atoms with Crippen molar-refractivity contribution in [1.29, 1.82) is 0 Å². The van der Waals surface area contributed by atoms with Crippen LogP contribution in [0.4, 0.5) is 0 Å². The highest BCUT2D eigenvalue weighted by Gasteiger charge is 2.44. The van der Waals surface area contributed by atoms with E-state index in [2.05, 4.69) is 22.6 Å². The van der Waals surface area contributed by atoms with E-state index in [-0.39, 0.29) is 17.4 Å². The maximum absolute atomic E-state index is 13.0. The SMILES string of the molecule is Cc1ccc(-n2cc(C(=O)N3CC4(CCNCC4)CC3C)nn2)cc1. The van der Waals surface area contributed by atoms with Crippen LogP contribution >= 0.6 is 0 Å². The molecule has 2 saturated heterocycles. The number of hydrogen-bond acceptors (Lipinski definition) is 4. The standard InChI is InChI=1S/C19H25N5O/c1-14-3-5-16(6-4-14)24-12-17(21-22-24)18(25)23-13-19(11-15(23)2)7-9-20-10-8-19/h3-6,12,15,20H,7-11,13H2,1-2H3. The minimum atomic E-state index is 0.00118. The monoisotopic (exact) mass is 339 g/mol. The minimum absolute atomic E-state index is 0.00118. The van der Waals surface area contributed by atoms with Crippen LogP contribution < -0.4 is 5.32 Å². The second-order valence-corrected chi connectivity index (χ2v) is 7.62. The molecule has 1 N–H and O–H groups in total. The number of hydrogen-bond donors (Lipinski definition) is 1. The summed E-state index contributed by atoms with van der Waals surface area (Å²) in [5.41, 5.74) is 2.82. The molecule has 0 aliphatic carbocycles. The van der Waals surface area contributed by atoms with Crippen molar-refractivity contribution in [2.75, 3.05) is 19.6 Å². The Labute approximate surface area is 148 Å². The van der Waals surface area contributed by atoms with E-state index in [0.717, 1.165) is 44.6 Å². The van der Waals surface area contributed by atoms with E-state index in [1.807, 2.05) is 36.1 Å². The number of aryl methyl sites for hydroxylation is 1. The number of carbonyl (C=O) groups excluding carboxylic acids is 1. The van der Waals surface area contributed by atoms with Gasteiger partial charge in [0.25, 0.3) is 5.91 Å². The summed E-state index contributed by atoms with van der Waals surface area (Å²) in [6, 6.07) is 8.29. The molecule has 6 nitrogen and oxygen atoms in total. The van der Waals surface area contributed by atoms with Crippen LogP contribution in [0.25, 0.3) is 5.69 Å². The molecule has 1 aromatic carbocycles. The van der Waals surface area contributed by atoms with Crippen molar-refractivity contribution in [3.05, 3.63) is 41.7 Å². The van der Waals surface area contributed by atoms with Gasteiger partial charge in [0, 0.05) is 12.6 Å². The number of nitrogens with zero attached hydrogens (tertiary/aromatic N) is 4. The number of aromatic nitrogens is 3. The zero-order chi connectivity index (χ0) is 17.4. The molecule has 2 aliphatic rings. The molecule has 1 spiro atoms. The van der Waals surface area contributed by atoms with Gasteiger partial charge in [0.1, 0.15) is 0 Å². The van der Waals surface area contributed by atoms with E-state index in [1.54, 1.807) is 10.9 Å². The molecule has 2 fully saturated rings. The first kappa shape index (κ1) is 16.3. The summed E-state index contributed by atoms with van der Waals surface area (Å²) in [5.74, 6) is 0.00118. The Morgan fingerprint density at radius 3 is 2.68 bits per heavy atom. The van der Waals surface area contributed by atoms with E-state index >= 15 is 0 Å². The molecular formula is C19H25N5O. The lowest BCUT2D eigenvalue weighted by atomic mass is 9.77. The molecule has 0 saturated carbocycles. The molecule has 1 unspecified atom stereocenters. The summed E-state index contributed by atoms with van der Waals surface area (Å²) in [7, 11) is 0. The smallest absolute Gasteiger partial charge is 0.276 e. The van der Waals surface area contributed by atoms with Gasteiger partial charge in [0.2, 0.25) is 0 Å². The van der Waals surface area contributed by atoms with Crippen LogP contribution in [0.5, 0.6) is 0 Å². The third kappa shape index (κ3) is 3.06. The van der Waals surface area contributed by atoms with E-state index in [9.17, 15) is 4.79 Å². The van der Waals surface area contributed by atoms with Gasteiger partial charge in [-0.05, 0) is 63.7 Å². The lowest BCUT2D eigenvalue weighted by Crippen LogP contribution is -2.40. The Morgan fingerprint density at radius 1 is 1.24 bits per heavy atom. The van der Waals surface area contributed by atoms with Crippen molar-refractivity contribution < 1.29 is 4.79 Å². The van der Waals surface area contributed by atoms with Gasteiger partial charge >= 0.3 is 0 Å². The Bertz CT molecular complexity index is 760. The summed E-state index contributed by atoms with van der Waals surface area (Å²) in [5, 5.41) is 11.7. The molecular weight excluding hydrogens is 314 g/mol. The van der Waals surface area contributed by atoms with Gasteiger partial charge in [-0.2, -0.15) is 0 Å². The highest BCUT2D eigenvalue weighted by molar-refractivity contribution is 5.92. The number of piperidine rings is 1. The first-order valence-electron chi connectivity index (χ1n) is 9.07. The third-order valence-electron chi connectivity index (χ3n) is 5.70. The molecule has 1 aromatic heterocycles. The van der Waals surface area contributed by atoms with Gasteiger partial charge in [-0.3, -0.25) is 4.79 Å². The van der Waals surface area contributed by atoms with E-state index in [0.29, 0.717) is 5.69 Å². The largest absolute Gasteiger partial charge is 0.334 e. The van der Waals surface area contributed by atoms with Crippen molar-refractivity contribution in [1.82, 2.24) is 25.2 Å². The predicted molar refractivity (Wildman–Crippen MR) is 95.7 cm³/mol. The fourth-order valence-electron chi connectivity index (χ4n) is 4.24. The average Bonchev–Trinajstić information content (AvgIpc) is 3.21. The van der Waals surface area contributed by atoms with E-state index < -0.39 is 0 Å². The molecule has 1 amide bonds. The lowest BCUT2D eigenvalue weighted by molar-refractivity contribution is 0.0717. The van der Waals surface area contributed by atoms with Gasteiger partial charge in [-0.15, -0.1) is 5.10 Å². The van der Waals surface area contributed by atoms with Gasteiger partial charge in [-0.25, -0.2) is 4.68 Å². The number of benzene rings is 1. The van der Waals surface area contributed by atoms with E-state index in [4.69, 9.17) is 0 Å². The summed E-state index contributed by atoms with van der Waals surface area (Å²) >= 11 is 0. The van der Waals surface area contributed by atoms with Crippen LogP contribution in [-0.2, 0) is 0 Å². The Hall–Kier alpha value is -2.21. The first-order valence-corrected chi connectivity index (χ1v) is 9.07. The Morgan fingerprint density at radius 2 is 1.96 bits per heavy atom. The third-order valence-corrected chi connectivity index (χ3v) is 5.70. The van der Waals surface area contributed by atoms with Gasteiger partial charge in [0.15, 0.2) is 5.69 Å². The predicted octanol–water partition coefficient (Wildman–Crippen LogP) is 2.18. The molecule has 25 heavy (non-hydrogen) atoms. The van der Waals surface area contributed by atoms with Crippen molar-refractivity contribution in [2.45, 2.75) is 39.2 Å². The van der Waals surface area contributed by atoms with Crippen molar-refractivity contribution in [2.24, 2.45) is 5.41 Å². The van der Waals surface area contributed by atoms with Crippen LogP contribution in [0, 0.1) is 12.3 Å². The molecule has 0 radical (unpaired) electrons. The van der Waals surface area contributed by atoms with Crippen molar-refractivity contribution in [3.63, 3.8) is 0 Å². The number of nitrogens with one attached hydrogen (secondary N) is 1. The zero-order valence-electron chi connectivity index (χ0n) is 14.9. The lowest BCUT2D eigenvalue weighted by Gasteiger charge is -2.33. The number of rotatable bonds is 2. The second-order valence-electron chi connectivity index (χ2n) is 7.62. The average molecular weight is 339 g/mol. The van der Waals surface area contributed by atoms with Crippen molar-refractivity contribution >= 4 is 5.91 Å². The zero-order valence-corrected chi connectivity index (χ0v) is 14.9. The fourth-order valence-corrected chi connectivity index (χ4v) is 4.24. The Balaban J connectivity index is 1.52. The summed E-state index contributed by atoms with van der Waals surface area (Å²) in [6.45, 7) is 7.15. The summed E-state index contributed by atoms with van der Waals surface area (Å²) in [4.78, 5) is 15.0. The number of likely N-dealkylation sites (tertiary alicyclic amines) is 1. The van der Waals surface area contributed by atoms with Gasteiger partial charge in [0.05, 0.1) is 11.9 Å². The molecule has 6 heteroatoms. The Kier molecular flexibility index (Phi) is 4.07. The normalized spacial score (nSPS) is 22.5. The van der Waals surface area contributed by atoms with Crippen LogP contribution in [-0.4, -0.2) is 51.5 Å².